The van der Waals surface area contributed by atoms with Gasteiger partial charge in [0.15, 0.2) is 5.82 Å². The van der Waals surface area contributed by atoms with Crippen molar-refractivity contribution in [3.8, 4) is 5.82 Å². The predicted molar refractivity (Wildman–Crippen MR) is 83.9 cm³/mol. The van der Waals surface area contributed by atoms with E-state index >= 15 is 0 Å². The van der Waals surface area contributed by atoms with Gasteiger partial charge in [0.1, 0.15) is 0 Å². The lowest BCUT2D eigenvalue weighted by Crippen LogP contribution is -2.34. The Morgan fingerprint density at radius 2 is 1.95 bits per heavy atom. The first kappa shape index (κ1) is 14.0. The van der Waals surface area contributed by atoms with Crippen molar-refractivity contribution in [1.82, 2.24) is 19.7 Å². The third-order valence-electron chi connectivity index (χ3n) is 4.29. The SMILES string of the molecule is Cc1cc(C)n(-c2ccnc(N(C)C3CCCCC3)n2)n1. The molecule has 0 unspecified atom stereocenters. The van der Waals surface area contributed by atoms with Crippen LogP contribution < -0.4 is 4.90 Å². The smallest absolute Gasteiger partial charge is 0.227 e. The van der Waals surface area contributed by atoms with Crippen LogP contribution in [0.3, 0.4) is 0 Å². The molecule has 5 nitrogen and oxygen atoms in total. The Kier molecular flexibility index (Phi) is 3.90. The van der Waals surface area contributed by atoms with Crippen LogP contribution in [0, 0.1) is 13.8 Å². The lowest BCUT2D eigenvalue weighted by molar-refractivity contribution is 0.424. The molecule has 1 aliphatic rings. The summed E-state index contributed by atoms with van der Waals surface area (Å²) in [6.45, 7) is 4.05. The quantitative estimate of drug-likeness (QED) is 0.869. The molecule has 0 radical (unpaired) electrons. The molecule has 0 saturated heterocycles. The van der Waals surface area contributed by atoms with Crippen LogP contribution in [-0.4, -0.2) is 32.8 Å². The fourth-order valence-corrected chi connectivity index (χ4v) is 3.12. The summed E-state index contributed by atoms with van der Waals surface area (Å²) in [7, 11) is 2.11. The van der Waals surface area contributed by atoms with E-state index in [4.69, 9.17) is 4.98 Å². The minimum Gasteiger partial charge on any atom is -0.341 e. The molecular formula is C16H23N5. The highest BCUT2D eigenvalue weighted by Gasteiger charge is 2.20. The Hall–Kier alpha value is -1.91. The van der Waals surface area contributed by atoms with Crippen LogP contribution in [0.5, 0.6) is 0 Å². The van der Waals surface area contributed by atoms with Crippen molar-refractivity contribution in [3.05, 3.63) is 29.7 Å². The second-order valence-electron chi connectivity index (χ2n) is 5.96. The lowest BCUT2D eigenvalue weighted by Gasteiger charge is -2.31. The van der Waals surface area contributed by atoms with E-state index in [2.05, 4.69) is 28.1 Å². The normalized spacial score (nSPS) is 16.1. The van der Waals surface area contributed by atoms with Gasteiger partial charge >= 0.3 is 0 Å². The van der Waals surface area contributed by atoms with Gasteiger partial charge in [0.05, 0.1) is 5.69 Å². The molecule has 2 aromatic rings. The average Bonchev–Trinajstić information content (AvgIpc) is 2.86. The van der Waals surface area contributed by atoms with Gasteiger partial charge in [-0.25, -0.2) is 9.67 Å². The summed E-state index contributed by atoms with van der Waals surface area (Å²) in [5.41, 5.74) is 2.10. The molecule has 0 amide bonds. The van der Waals surface area contributed by atoms with Crippen LogP contribution in [0.1, 0.15) is 43.5 Å². The van der Waals surface area contributed by atoms with Gasteiger partial charge in [0.25, 0.3) is 0 Å². The zero-order valence-corrected chi connectivity index (χ0v) is 13.1. The van der Waals surface area contributed by atoms with Crippen LogP contribution >= 0.6 is 0 Å². The zero-order valence-electron chi connectivity index (χ0n) is 13.1. The molecule has 0 atom stereocenters. The minimum atomic E-state index is 0.564. The third kappa shape index (κ3) is 2.91. The first-order valence-corrected chi connectivity index (χ1v) is 7.74. The predicted octanol–water partition coefficient (Wildman–Crippen LogP) is 3.05. The first-order valence-electron chi connectivity index (χ1n) is 7.74. The summed E-state index contributed by atoms with van der Waals surface area (Å²) in [5, 5.41) is 4.50. The monoisotopic (exact) mass is 285 g/mol. The number of aromatic nitrogens is 4. The van der Waals surface area contributed by atoms with Gasteiger partial charge in [-0.2, -0.15) is 10.1 Å². The van der Waals surface area contributed by atoms with Crippen molar-refractivity contribution in [3.63, 3.8) is 0 Å². The summed E-state index contributed by atoms with van der Waals surface area (Å²) < 4.78 is 1.88. The van der Waals surface area contributed by atoms with Gasteiger partial charge in [0, 0.05) is 31.0 Å². The van der Waals surface area contributed by atoms with Gasteiger partial charge < -0.3 is 4.90 Å². The molecule has 0 aliphatic heterocycles. The van der Waals surface area contributed by atoms with E-state index in [0.717, 1.165) is 23.2 Å². The topological polar surface area (TPSA) is 46.8 Å². The molecule has 0 spiro atoms. The minimum absolute atomic E-state index is 0.564. The summed E-state index contributed by atoms with van der Waals surface area (Å²) >= 11 is 0. The van der Waals surface area contributed by atoms with Crippen LogP contribution in [0.25, 0.3) is 5.82 Å². The highest BCUT2D eigenvalue weighted by atomic mass is 15.3. The first-order chi connectivity index (χ1) is 10.1. The molecule has 3 rings (SSSR count). The third-order valence-corrected chi connectivity index (χ3v) is 4.29. The standard InChI is InChI=1S/C16H23N5/c1-12-11-13(2)21(19-12)15-9-10-17-16(18-15)20(3)14-7-5-4-6-8-14/h9-11,14H,4-8H2,1-3H3. The maximum absolute atomic E-state index is 4.71. The number of hydrogen-bond donors (Lipinski definition) is 0. The molecule has 2 heterocycles. The van der Waals surface area contributed by atoms with Gasteiger partial charge in [-0.1, -0.05) is 19.3 Å². The molecule has 5 heteroatoms. The van der Waals surface area contributed by atoms with E-state index in [9.17, 15) is 0 Å². The van der Waals surface area contributed by atoms with Crippen molar-refractivity contribution in [1.29, 1.82) is 0 Å². The highest BCUT2D eigenvalue weighted by molar-refractivity contribution is 5.36. The fourth-order valence-electron chi connectivity index (χ4n) is 3.12. The Morgan fingerprint density at radius 3 is 2.62 bits per heavy atom. The second-order valence-corrected chi connectivity index (χ2v) is 5.96. The Morgan fingerprint density at radius 1 is 1.19 bits per heavy atom. The van der Waals surface area contributed by atoms with E-state index in [1.165, 1.54) is 32.1 Å². The molecule has 1 fully saturated rings. The van der Waals surface area contributed by atoms with Crippen LogP contribution in [-0.2, 0) is 0 Å². The maximum Gasteiger partial charge on any atom is 0.227 e. The Balaban J connectivity index is 1.87. The summed E-state index contributed by atoms with van der Waals surface area (Å²) in [4.78, 5) is 11.4. The number of anilines is 1. The molecule has 1 aliphatic carbocycles. The van der Waals surface area contributed by atoms with Gasteiger partial charge in [0.2, 0.25) is 5.95 Å². The number of hydrogen-bond acceptors (Lipinski definition) is 4. The second kappa shape index (κ2) is 5.84. The Labute approximate surface area is 126 Å². The molecule has 2 aromatic heterocycles. The molecule has 0 bridgehead atoms. The molecule has 0 N–H and O–H groups in total. The van der Waals surface area contributed by atoms with Gasteiger partial charge in [-0.3, -0.25) is 0 Å². The number of rotatable bonds is 3. The number of aryl methyl sites for hydroxylation is 2. The van der Waals surface area contributed by atoms with E-state index in [1.54, 1.807) is 0 Å². The largest absolute Gasteiger partial charge is 0.341 e. The summed E-state index contributed by atoms with van der Waals surface area (Å²) in [6.07, 6.45) is 8.29. The van der Waals surface area contributed by atoms with E-state index in [-0.39, 0.29) is 0 Å². The molecule has 21 heavy (non-hydrogen) atoms. The van der Waals surface area contributed by atoms with Crippen LogP contribution in [0.15, 0.2) is 18.3 Å². The van der Waals surface area contributed by atoms with Crippen molar-refractivity contribution in [2.24, 2.45) is 0 Å². The van der Waals surface area contributed by atoms with E-state index in [1.807, 2.05) is 30.8 Å². The maximum atomic E-state index is 4.71. The highest BCUT2D eigenvalue weighted by Crippen LogP contribution is 2.24. The van der Waals surface area contributed by atoms with Crippen LogP contribution in [0.4, 0.5) is 5.95 Å². The van der Waals surface area contributed by atoms with Crippen molar-refractivity contribution < 1.29 is 0 Å². The zero-order chi connectivity index (χ0) is 14.8. The molecule has 0 aromatic carbocycles. The summed E-state index contributed by atoms with van der Waals surface area (Å²) in [5.74, 6) is 1.64. The molecule has 112 valence electrons. The number of nitrogens with zero attached hydrogens (tertiary/aromatic N) is 5. The van der Waals surface area contributed by atoms with Crippen molar-refractivity contribution >= 4 is 5.95 Å². The van der Waals surface area contributed by atoms with E-state index in [0.29, 0.717) is 6.04 Å². The van der Waals surface area contributed by atoms with Crippen molar-refractivity contribution in [2.45, 2.75) is 52.0 Å². The van der Waals surface area contributed by atoms with Gasteiger partial charge in [-0.05, 0) is 32.8 Å². The van der Waals surface area contributed by atoms with Gasteiger partial charge in [-0.15, -0.1) is 0 Å². The van der Waals surface area contributed by atoms with E-state index < -0.39 is 0 Å². The van der Waals surface area contributed by atoms with Crippen molar-refractivity contribution in [2.75, 3.05) is 11.9 Å². The summed E-state index contributed by atoms with van der Waals surface area (Å²) in [6, 6.07) is 4.54. The fraction of sp³-hybridized carbons (Fsp3) is 0.562. The Bertz CT molecular complexity index is 613. The lowest BCUT2D eigenvalue weighted by atomic mass is 9.95. The average molecular weight is 285 g/mol. The molecule has 1 saturated carbocycles. The molecular weight excluding hydrogens is 262 g/mol. The van der Waals surface area contributed by atoms with Crippen LogP contribution in [0.2, 0.25) is 0 Å².